The first kappa shape index (κ1) is 24.9. The maximum absolute atomic E-state index is 13.7. The van der Waals surface area contributed by atoms with E-state index in [1.165, 1.54) is 38.4 Å². The molecule has 0 saturated heterocycles. The maximum atomic E-state index is 13.7. The number of nitrogens with one attached hydrogen (secondary N) is 2. The smallest absolute Gasteiger partial charge is 0.252 e. The molecule has 1 unspecified atom stereocenters. The molecule has 3 rings (SSSR count). The van der Waals surface area contributed by atoms with E-state index in [2.05, 4.69) is 31.8 Å². The molecule has 34 heavy (non-hydrogen) atoms. The van der Waals surface area contributed by atoms with Gasteiger partial charge in [-0.3, -0.25) is 9.59 Å². The van der Waals surface area contributed by atoms with Crippen LogP contribution in [-0.4, -0.2) is 25.1 Å². The summed E-state index contributed by atoms with van der Waals surface area (Å²) in [5.74, 6) is -1.88. The molecule has 0 aromatic heterocycles. The van der Waals surface area contributed by atoms with Crippen molar-refractivity contribution in [3.05, 3.63) is 88.1 Å². The minimum Gasteiger partial charge on any atom is -0.493 e. The highest BCUT2D eigenvalue weighted by Gasteiger charge is 2.22. The van der Waals surface area contributed by atoms with Gasteiger partial charge in [-0.1, -0.05) is 40.2 Å². The Morgan fingerprint density at radius 2 is 1.79 bits per heavy atom. The number of rotatable bonds is 9. The van der Waals surface area contributed by atoms with Gasteiger partial charge in [0.25, 0.3) is 5.91 Å². The average Bonchev–Trinajstić information content (AvgIpc) is 2.84. The van der Waals surface area contributed by atoms with Crippen molar-refractivity contribution >= 4 is 39.6 Å². The van der Waals surface area contributed by atoms with E-state index < -0.39 is 23.5 Å². The summed E-state index contributed by atoms with van der Waals surface area (Å²) in [4.78, 5) is 24.5. The summed E-state index contributed by atoms with van der Waals surface area (Å²) in [6.45, 7) is 1.78. The summed E-state index contributed by atoms with van der Waals surface area (Å²) < 4.78 is 25.9. The molecule has 7 nitrogen and oxygen atoms in total. The van der Waals surface area contributed by atoms with Gasteiger partial charge in [0, 0.05) is 4.47 Å². The van der Waals surface area contributed by atoms with Crippen LogP contribution in [0, 0.1) is 11.7 Å². The fourth-order valence-electron chi connectivity index (χ4n) is 2.82. The van der Waals surface area contributed by atoms with Crippen LogP contribution in [0.1, 0.15) is 18.1 Å². The average molecular weight is 528 g/mol. The lowest BCUT2D eigenvalue weighted by Crippen LogP contribution is -2.34. The van der Waals surface area contributed by atoms with Gasteiger partial charge in [0.15, 0.2) is 11.5 Å². The summed E-state index contributed by atoms with van der Waals surface area (Å²) in [6.07, 6.45) is 1.42. The molecule has 3 aromatic carbocycles. The highest BCUT2D eigenvalue weighted by atomic mass is 79.9. The Morgan fingerprint density at radius 3 is 2.50 bits per heavy atom. The summed E-state index contributed by atoms with van der Waals surface area (Å²) in [5.41, 5.74) is 3.98. The lowest BCUT2D eigenvalue weighted by atomic mass is 10.1. The van der Waals surface area contributed by atoms with E-state index in [0.29, 0.717) is 23.7 Å². The second-order valence-electron chi connectivity index (χ2n) is 7.25. The van der Waals surface area contributed by atoms with Gasteiger partial charge in [-0.25, -0.2) is 9.82 Å². The number of anilines is 1. The SMILES string of the molecule is COc1cc(C=NNC(=O)C(C)C(=O)Nc2ccccc2F)ccc1OCc1ccc(Br)cc1. The van der Waals surface area contributed by atoms with Gasteiger partial charge < -0.3 is 14.8 Å². The minimum atomic E-state index is -1.08. The number of ether oxygens (including phenoxy) is 2. The Kier molecular flexibility index (Phi) is 8.75. The summed E-state index contributed by atoms with van der Waals surface area (Å²) in [5, 5.41) is 6.28. The Morgan fingerprint density at radius 1 is 1.06 bits per heavy atom. The zero-order valence-corrected chi connectivity index (χ0v) is 20.1. The number of methoxy groups -OCH3 is 1. The zero-order chi connectivity index (χ0) is 24.5. The van der Waals surface area contributed by atoms with Crippen molar-refractivity contribution in [2.75, 3.05) is 12.4 Å². The third-order valence-corrected chi connectivity index (χ3v) is 5.33. The highest BCUT2D eigenvalue weighted by molar-refractivity contribution is 9.10. The van der Waals surface area contributed by atoms with Gasteiger partial charge in [0.05, 0.1) is 19.0 Å². The van der Waals surface area contributed by atoms with Crippen LogP contribution in [0.25, 0.3) is 0 Å². The van der Waals surface area contributed by atoms with Gasteiger partial charge in [-0.15, -0.1) is 0 Å². The minimum absolute atomic E-state index is 0.00481. The molecule has 0 fully saturated rings. The van der Waals surface area contributed by atoms with Gasteiger partial charge in [-0.2, -0.15) is 5.10 Å². The molecule has 0 bridgehead atoms. The number of para-hydroxylation sites is 1. The maximum Gasteiger partial charge on any atom is 0.252 e. The van der Waals surface area contributed by atoms with Crippen LogP contribution in [0.5, 0.6) is 11.5 Å². The molecule has 0 heterocycles. The summed E-state index contributed by atoms with van der Waals surface area (Å²) >= 11 is 3.40. The fraction of sp³-hybridized carbons (Fsp3) is 0.160. The largest absolute Gasteiger partial charge is 0.493 e. The molecule has 9 heteroatoms. The third kappa shape index (κ3) is 6.89. The van der Waals surface area contributed by atoms with Gasteiger partial charge >= 0.3 is 0 Å². The van der Waals surface area contributed by atoms with E-state index in [9.17, 15) is 14.0 Å². The second-order valence-corrected chi connectivity index (χ2v) is 8.17. The van der Waals surface area contributed by atoms with Gasteiger partial charge in [-0.05, 0) is 60.5 Å². The Hall–Kier alpha value is -3.72. The van der Waals surface area contributed by atoms with Crippen LogP contribution in [-0.2, 0) is 16.2 Å². The number of nitrogens with zero attached hydrogens (tertiary/aromatic N) is 1. The van der Waals surface area contributed by atoms with Crippen LogP contribution in [0.4, 0.5) is 10.1 Å². The van der Waals surface area contributed by atoms with Crippen molar-refractivity contribution in [2.45, 2.75) is 13.5 Å². The van der Waals surface area contributed by atoms with E-state index >= 15 is 0 Å². The predicted molar refractivity (Wildman–Crippen MR) is 131 cm³/mol. The van der Waals surface area contributed by atoms with E-state index in [4.69, 9.17) is 9.47 Å². The highest BCUT2D eigenvalue weighted by Crippen LogP contribution is 2.28. The van der Waals surface area contributed by atoms with Crippen LogP contribution < -0.4 is 20.2 Å². The molecule has 0 aliphatic rings. The van der Waals surface area contributed by atoms with Crippen LogP contribution in [0.3, 0.4) is 0 Å². The first-order valence-electron chi connectivity index (χ1n) is 10.3. The van der Waals surface area contributed by atoms with Crippen molar-refractivity contribution in [2.24, 2.45) is 11.0 Å². The second kappa shape index (κ2) is 11.9. The molecule has 0 spiro atoms. The molecule has 0 aliphatic heterocycles. The monoisotopic (exact) mass is 527 g/mol. The number of carbonyl (C=O) groups excluding carboxylic acids is 2. The third-order valence-electron chi connectivity index (χ3n) is 4.80. The zero-order valence-electron chi connectivity index (χ0n) is 18.5. The van der Waals surface area contributed by atoms with E-state index in [0.717, 1.165) is 10.0 Å². The topological polar surface area (TPSA) is 89.0 Å². The standard InChI is InChI=1S/C25H23BrFN3O4/c1-16(24(31)29-21-6-4-3-5-20(21)27)25(32)30-28-14-18-9-12-22(23(13-18)33-2)34-15-17-7-10-19(26)11-8-17/h3-14,16H,15H2,1-2H3,(H,29,31)(H,30,32). The molecule has 2 amide bonds. The lowest BCUT2D eigenvalue weighted by Gasteiger charge is -2.12. The van der Waals surface area contributed by atoms with Crippen LogP contribution in [0.2, 0.25) is 0 Å². The van der Waals surface area contributed by atoms with Crippen LogP contribution >= 0.6 is 15.9 Å². The number of hydrogen-bond acceptors (Lipinski definition) is 5. The number of hydrogen-bond donors (Lipinski definition) is 2. The van der Waals surface area contributed by atoms with Crippen molar-refractivity contribution in [1.29, 1.82) is 0 Å². The molecule has 0 radical (unpaired) electrons. The lowest BCUT2D eigenvalue weighted by molar-refractivity contribution is -0.131. The summed E-state index contributed by atoms with van der Waals surface area (Å²) in [7, 11) is 1.53. The molecule has 3 aromatic rings. The fourth-order valence-corrected chi connectivity index (χ4v) is 3.08. The Labute approximate surface area is 205 Å². The number of carbonyl (C=O) groups is 2. The van der Waals surface area contributed by atoms with E-state index in [1.807, 2.05) is 24.3 Å². The first-order valence-corrected chi connectivity index (χ1v) is 11.1. The number of benzene rings is 3. The predicted octanol–water partition coefficient (Wildman–Crippen LogP) is 4.90. The Balaban J connectivity index is 1.55. The molecule has 2 N–H and O–H groups in total. The molecule has 0 aliphatic carbocycles. The first-order chi connectivity index (χ1) is 16.4. The van der Waals surface area contributed by atoms with E-state index in [1.54, 1.807) is 24.3 Å². The molecular formula is C25H23BrFN3O4. The van der Waals surface area contributed by atoms with Crippen LogP contribution in [0.15, 0.2) is 76.3 Å². The molecule has 176 valence electrons. The van der Waals surface area contributed by atoms with Crippen molar-refractivity contribution in [1.82, 2.24) is 5.43 Å². The summed E-state index contributed by atoms with van der Waals surface area (Å²) in [6, 6.07) is 18.7. The number of hydrazone groups is 1. The van der Waals surface area contributed by atoms with Gasteiger partial charge in [0.2, 0.25) is 5.91 Å². The number of halogens is 2. The van der Waals surface area contributed by atoms with Crippen molar-refractivity contribution in [3.63, 3.8) is 0 Å². The number of amides is 2. The normalized spacial score (nSPS) is 11.6. The van der Waals surface area contributed by atoms with E-state index in [-0.39, 0.29) is 5.69 Å². The molecular weight excluding hydrogens is 505 g/mol. The van der Waals surface area contributed by atoms with Crippen molar-refractivity contribution in [3.8, 4) is 11.5 Å². The quantitative estimate of drug-likeness (QED) is 0.235. The molecule has 1 atom stereocenters. The van der Waals surface area contributed by atoms with Crippen molar-refractivity contribution < 1.29 is 23.5 Å². The molecule has 0 saturated carbocycles. The van der Waals surface area contributed by atoms with Gasteiger partial charge in [0.1, 0.15) is 18.3 Å². The Bertz CT molecular complexity index is 1190.